The molecule has 92 valence electrons. The molecular formula is C9H6BrN5O3. The highest BCUT2D eigenvalue weighted by molar-refractivity contribution is 9.10. The third kappa shape index (κ3) is 2.07. The molecule has 0 fully saturated rings. The van der Waals surface area contributed by atoms with Crippen LogP contribution in [0, 0.1) is 15.5 Å². The van der Waals surface area contributed by atoms with E-state index in [1.54, 1.807) is 0 Å². The van der Waals surface area contributed by atoms with E-state index in [2.05, 4.69) is 26.1 Å². The molecule has 1 aromatic carbocycles. The van der Waals surface area contributed by atoms with Crippen molar-refractivity contribution < 1.29 is 10.0 Å². The molecule has 0 bridgehead atoms. The Morgan fingerprint density at radius 3 is 2.61 bits per heavy atom. The van der Waals surface area contributed by atoms with Crippen molar-refractivity contribution in [2.24, 2.45) is 0 Å². The molecule has 0 aliphatic rings. The van der Waals surface area contributed by atoms with E-state index in [1.165, 1.54) is 23.3 Å². The Hall–Kier alpha value is -2.29. The van der Waals surface area contributed by atoms with Crippen molar-refractivity contribution in [3.8, 4) is 5.75 Å². The third-order valence-electron chi connectivity index (χ3n) is 2.18. The number of hydrogen-bond acceptors (Lipinski definition) is 6. The van der Waals surface area contributed by atoms with E-state index < -0.39 is 16.4 Å². The van der Waals surface area contributed by atoms with Crippen LogP contribution in [-0.2, 0) is 0 Å². The van der Waals surface area contributed by atoms with Gasteiger partial charge in [0.1, 0.15) is 18.5 Å². The highest BCUT2D eigenvalue weighted by Crippen LogP contribution is 2.33. The Morgan fingerprint density at radius 1 is 1.44 bits per heavy atom. The van der Waals surface area contributed by atoms with E-state index in [0.29, 0.717) is 4.47 Å². The van der Waals surface area contributed by atoms with Crippen LogP contribution in [0.15, 0.2) is 29.3 Å². The average Bonchev–Trinajstić information content (AvgIpc) is 2.84. The number of nitro groups is 1. The summed E-state index contributed by atoms with van der Waals surface area (Å²) in [6.45, 7) is 0. The maximum Gasteiger partial charge on any atom is 0.312 e. The smallest absolute Gasteiger partial charge is 0.312 e. The van der Waals surface area contributed by atoms with Crippen molar-refractivity contribution in [3.05, 3.63) is 44.9 Å². The summed E-state index contributed by atoms with van der Waals surface area (Å²) in [5, 5.41) is 35.4. The van der Waals surface area contributed by atoms with Crippen molar-refractivity contribution >= 4 is 27.5 Å². The molecule has 8 nitrogen and oxygen atoms in total. The largest absolute Gasteiger partial charge is 0.502 e. The van der Waals surface area contributed by atoms with E-state index in [4.69, 9.17) is 5.41 Å². The van der Waals surface area contributed by atoms with Crippen molar-refractivity contribution in [2.75, 3.05) is 0 Å². The number of nitro benzene ring substituents is 1. The van der Waals surface area contributed by atoms with Gasteiger partial charge in [0.05, 0.1) is 10.5 Å². The molecule has 2 aromatic rings. The van der Waals surface area contributed by atoms with Crippen LogP contribution in [0.4, 0.5) is 5.69 Å². The van der Waals surface area contributed by atoms with Crippen molar-refractivity contribution in [1.82, 2.24) is 14.8 Å². The minimum absolute atomic E-state index is 0.0101. The van der Waals surface area contributed by atoms with Crippen LogP contribution in [0.2, 0.25) is 0 Å². The van der Waals surface area contributed by atoms with Crippen LogP contribution in [0.3, 0.4) is 0 Å². The minimum Gasteiger partial charge on any atom is -0.502 e. The van der Waals surface area contributed by atoms with Crippen LogP contribution in [-0.4, -0.2) is 30.6 Å². The lowest BCUT2D eigenvalue weighted by molar-refractivity contribution is -0.385. The molecule has 0 radical (unpaired) electrons. The first-order chi connectivity index (χ1) is 8.50. The second kappa shape index (κ2) is 4.53. The summed E-state index contributed by atoms with van der Waals surface area (Å²) in [7, 11) is 0. The quantitative estimate of drug-likeness (QED) is 0.377. The zero-order chi connectivity index (χ0) is 13.3. The van der Waals surface area contributed by atoms with Gasteiger partial charge in [-0.25, -0.2) is 0 Å². The Balaban J connectivity index is 2.58. The van der Waals surface area contributed by atoms with E-state index in [1.807, 2.05) is 0 Å². The number of aromatic hydroxyl groups is 1. The normalized spacial score (nSPS) is 10.3. The summed E-state index contributed by atoms with van der Waals surface area (Å²) in [6, 6.07) is 2.57. The van der Waals surface area contributed by atoms with Gasteiger partial charge in [-0.1, -0.05) is 15.9 Å². The zero-order valence-corrected chi connectivity index (χ0v) is 10.3. The Labute approximate surface area is 109 Å². The van der Waals surface area contributed by atoms with E-state index in [-0.39, 0.29) is 11.4 Å². The Morgan fingerprint density at radius 2 is 2.06 bits per heavy atom. The molecule has 0 amide bonds. The number of hydrogen-bond donors (Lipinski definition) is 2. The molecule has 1 aromatic heterocycles. The fourth-order valence-electron chi connectivity index (χ4n) is 1.36. The molecule has 2 N–H and O–H groups in total. The second-order valence-electron chi connectivity index (χ2n) is 3.30. The van der Waals surface area contributed by atoms with Gasteiger partial charge in [-0.05, 0) is 6.07 Å². The van der Waals surface area contributed by atoms with Crippen LogP contribution in [0.1, 0.15) is 5.56 Å². The molecule has 0 saturated carbocycles. The fourth-order valence-corrected chi connectivity index (χ4v) is 1.81. The maximum atomic E-state index is 10.8. The highest BCUT2D eigenvalue weighted by Gasteiger charge is 2.21. The lowest BCUT2D eigenvalue weighted by atomic mass is 10.1. The number of nitrogens with zero attached hydrogens (tertiary/aromatic N) is 4. The van der Waals surface area contributed by atoms with Gasteiger partial charge >= 0.3 is 5.69 Å². The summed E-state index contributed by atoms with van der Waals surface area (Å²) < 4.78 is 1.62. The lowest BCUT2D eigenvalue weighted by Gasteiger charge is -2.07. The van der Waals surface area contributed by atoms with Crippen LogP contribution in [0.25, 0.3) is 0 Å². The second-order valence-corrected chi connectivity index (χ2v) is 4.21. The van der Waals surface area contributed by atoms with Crippen molar-refractivity contribution in [1.29, 1.82) is 5.41 Å². The summed E-state index contributed by atoms with van der Waals surface area (Å²) in [6.07, 6.45) is 2.52. The number of aromatic nitrogens is 3. The molecule has 2 rings (SSSR count). The molecular weight excluding hydrogens is 306 g/mol. The van der Waals surface area contributed by atoms with E-state index in [0.717, 1.165) is 6.07 Å². The van der Waals surface area contributed by atoms with E-state index >= 15 is 0 Å². The van der Waals surface area contributed by atoms with Crippen LogP contribution < -0.4 is 0 Å². The first-order valence-electron chi connectivity index (χ1n) is 4.61. The predicted octanol–water partition coefficient (Wildman–Crippen LogP) is 1.53. The summed E-state index contributed by atoms with van der Waals surface area (Å²) >= 11 is 3.09. The first kappa shape index (κ1) is 12.2. The number of phenols is 1. The van der Waals surface area contributed by atoms with Gasteiger partial charge in [0.2, 0.25) is 5.75 Å². The van der Waals surface area contributed by atoms with Gasteiger partial charge in [0, 0.05) is 10.5 Å². The van der Waals surface area contributed by atoms with E-state index in [9.17, 15) is 15.2 Å². The van der Waals surface area contributed by atoms with Crippen LogP contribution in [0.5, 0.6) is 5.75 Å². The third-order valence-corrected chi connectivity index (χ3v) is 2.64. The molecule has 18 heavy (non-hydrogen) atoms. The molecule has 9 heteroatoms. The van der Waals surface area contributed by atoms with Gasteiger partial charge in [0.25, 0.3) is 0 Å². The molecule has 0 aliphatic heterocycles. The molecule has 0 atom stereocenters. The van der Waals surface area contributed by atoms with Gasteiger partial charge in [-0.3, -0.25) is 20.1 Å². The molecule has 0 aliphatic carbocycles. The van der Waals surface area contributed by atoms with Gasteiger partial charge in [0.15, 0.2) is 0 Å². The molecule has 1 heterocycles. The molecule has 0 unspecified atom stereocenters. The molecule has 0 spiro atoms. The monoisotopic (exact) mass is 311 g/mol. The Kier molecular flexibility index (Phi) is 3.06. The summed E-state index contributed by atoms with van der Waals surface area (Å²) in [4.78, 5) is 10.0. The number of nitrogens with one attached hydrogen (secondary N) is 1. The number of rotatable bonds is 2. The van der Waals surface area contributed by atoms with Crippen molar-refractivity contribution in [3.63, 3.8) is 0 Å². The van der Waals surface area contributed by atoms with Crippen molar-refractivity contribution in [2.45, 2.75) is 0 Å². The Bertz CT molecular complexity index is 625. The minimum atomic E-state index is -0.719. The SMILES string of the molecule is N=C(c1cc(Br)cc([N+](=O)[O-])c1O)n1cnnc1. The average molecular weight is 312 g/mol. The predicted molar refractivity (Wildman–Crippen MR) is 64.7 cm³/mol. The molecule has 0 saturated heterocycles. The fraction of sp³-hybridized carbons (Fsp3) is 0. The van der Waals surface area contributed by atoms with Gasteiger partial charge in [-0.15, -0.1) is 10.2 Å². The topological polar surface area (TPSA) is 118 Å². The first-order valence-corrected chi connectivity index (χ1v) is 5.41. The highest BCUT2D eigenvalue weighted by atomic mass is 79.9. The lowest BCUT2D eigenvalue weighted by Crippen LogP contribution is -2.11. The standard InChI is InChI=1S/C9H6BrN5O3/c10-5-1-6(8(16)7(2-5)15(17)18)9(11)14-3-12-13-4-14/h1-4,11,16H. The summed E-state index contributed by atoms with van der Waals surface area (Å²) in [5.41, 5.74) is -0.465. The van der Waals surface area contributed by atoms with Gasteiger partial charge < -0.3 is 5.11 Å². The number of benzene rings is 1. The maximum absolute atomic E-state index is 10.8. The number of phenolic OH excluding ortho intramolecular Hbond substituents is 1. The zero-order valence-electron chi connectivity index (χ0n) is 8.74. The van der Waals surface area contributed by atoms with Crippen LogP contribution >= 0.6 is 15.9 Å². The van der Waals surface area contributed by atoms with Gasteiger partial charge in [-0.2, -0.15) is 0 Å². The summed E-state index contributed by atoms with van der Waals surface area (Å²) in [5.74, 6) is -0.733. The number of halogens is 1.